The summed E-state index contributed by atoms with van der Waals surface area (Å²) in [6.07, 6.45) is 0.819. The fourth-order valence-electron chi connectivity index (χ4n) is 1.03. The monoisotopic (exact) mass is 218 g/mol. The lowest BCUT2D eigenvalue weighted by Crippen LogP contribution is -2.15. The fraction of sp³-hybridized carbons (Fsp3) is 0.778. The highest BCUT2D eigenvalue weighted by atomic mass is 16.7. The maximum Gasteiger partial charge on any atom is 0.508 e. The second-order valence-corrected chi connectivity index (χ2v) is 2.95. The quantitative estimate of drug-likeness (QED) is 0.573. The lowest BCUT2D eigenvalue weighted by Gasteiger charge is -2.05. The topological polar surface area (TPSA) is 71.1 Å². The number of carbonyl (C=O) groups is 2. The van der Waals surface area contributed by atoms with Crippen LogP contribution in [-0.4, -0.2) is 38.7 Å². The molecule has 0 aromatic heterocycles. The zero-order chi connectivity index (χ0) is 10.9. The minimum Gasteiger partial charge on any atom is -0.434 e. The Morgan fingerprint density at radius 2 is 1.00 bits per heavy atom. The average Bonchev–Trinajstić information content (AvgIpc) is 2.23. The minimum atomic E-state index is -0.730. The Morgan fingerprint density at radius 1 is 0.600 bits per heavy atom. The molecular weight excluding hydrogens is 204 g/mol. The molecule has 1 aliphatic rings. The number of rotatable bonds is 0. The van der Waals surface area contributed by atoms with Gasteiger partial charge in [-0.2, -0.15) is 0 Å². The second kappa shape index (κ2) is 6.92. The Balaban J connectivity index is 2.27. The van der Waals surface area contributed by atoms with Crippen LogP contribution in [0.2, 0.25) is 0 Å². The van der Waals surface area contributed by atoms with Gasteiger partial charge in [0, 0.05) is 0 Å². The molecular formula is C9H14O6. The summed E-state index contributed by atoms with van der Waals surface area (Å²) < 4.78 is 18.7. The van der Waals surface area contributed by atoms with E-state index in [0.29, 0.717) is 13.2 Å². The Hall–Kier alpha value is -1.46. The van der Waals surface area contributed by atoms with E-state index in [-0.39, 0.29) is 13.2 Å². The third-order valence-electron chi connectivity index (χ3n) is 1.75. The third kappa shape index (κ3) is 5.77. The van der Waals surface area contributed by atoms with Crippen LogP contribution in [0.5, 0.6) is 0 Å². The predicted octanol–water partition coefficient (Wildman–Crippen LogP) is 1.48. The largest absolute Gasteiger partial charge is 0.508 e. The van der Waals surface area contributed by atoms with Crippen molar-refractivity contribution in [3.63, 3.8) is 0 Å². The average molecular weight is 218 g/mol. The predicted molar refractivity (Wildman–Crippen MR) is 48.5 cm³/mol. The molecule has 0 aliphatic carbocycles. The molecule has 0 saturated carbocycles. The van der Waals surface area contributed by atoms with Crippen molar-refractivity contribution < 1.29 is 28.5 Å². The smallest absolute Gasteiger partial charge is 0.434 e. The molecule has 0 spiro atoms. The van der Waals surface area contributed by atoms with Gasteiger partial charge < -0.3 is 18.9 Å². The van der Waals surface area contributed by atoms with Crippen molar-refractivity contribution >= 4 is 12.3 Å². The van der Waals surface area contributed by atoms with Crippen LogP contribution in [-0.2, 0) is 18.9 Å². The van der Waals surface area contributed by atoms with Crippen molar-refractivity contribution in [1.82, 2.24) is 0 Å². The highest BCUT2D eigenvalue weighted by molar-refractivity contribution is 5.60. The molecule has 0 amide bonds. The third-order valence-corrected chi connectivity index (χ3v) is 1.75. The Bertz CT molecular complexity index is 193. The van der Waals surface area contributed by atoms with E-state index < -0.39 is 12.3 Å². The fourth-order valence-corrected chi connectivity index (χ4v) is 1.03. The Kier molecular flexibility index (Phi) is 5.35. The van der Waals surface area contributed by atoms with Crippen molar-refractivity contribution in [1.29, 1.82) is 0 Å². The number of hydrogen-bond acceptors (Lipinski definition) is 6. The first-order valence-electron chi connectivity index (χ1n) is 4.88. The standard InChI is InChI=1S/C9H14O6/c10-8-12-4-2-1-3-5-13-9(11)15-7-6-14-8/h1-7H2. The van der Waals surface area contributed by atoms with Crippen LogP contribution < -0.4 is 0 Å². The molecule has 1 heterocycles. The van der Waals surface area contributed by atoms with Gasteiger partial charge in [0.25, 0.3) is 0 Å². The summed E-state index contributed by atoms with van der Waals surface area (Å²) >= 11 is 0. The van der Waals surface area contributed by atoms with Gasteiger partial charge in [-0.05, 0) is 19.3 Å². The summed E-state index contributed by atoms with van der Waals surface area (Å²) in [5.41, 5.74) is 0. The van der Waals surface area contributed by atoms with E-state index in [1.165, 1.54) is 0 Å². The second-order valence-electron chi connectivity index (χ2n) is 2.95. The van der Waals surface area contributed by atoms with Crippen LogP contribution in [0.4, 0.5) is 9.59 Å². The molecule has 0 unspecified atom stereocenters. The van der Waals surface area contributed by atoms with E-state index in [2.05, 4.69) is 9.47 Å². The molecule has 0 bridgehead atoms. The highest BCUT2D eigenvalue weighted by Gasteiger charge is 2.07. The van der Waals surface area contributed by atoms with Gasteiger partial charge in [0.2, 0.25) is 0 Å². The van der Waals surface area contributed by atoms with Gasteiger partial charge in [0.1, 0.15) is 13.2 Å². The molecule has 15 heavy (non-hydrogen) atoms. The number of ether oxygens (including phenoxy) is 4. The first kappa shape index (κ1) is 11.6. The molecule has 0 aromatic carbocycles. The molecule has 1 fully saturated rings. The maximum absolute atomic E-state index is 10.9. The molecule has 1 rings (SSSR count). The molecule has 1 saturated heterocycles. The van der Waals surface area contributed by atoms with E-state index in [0.717, 1.165) is 19.3 Å². The van der Waals surface area contributed by atoms with Crippen molar-refractivity contribution in [3.8, 4) is 0 Å². The summed E-state index contributed by atoms with van der Waals surface area (Å²) in [7, 11) is 0. The van der Waals surface area contributed by atoms with Crippen molar-refractivity contribution in [2.75, 3.05) is 26.4 Å². The van der Waals surface area contributed by atoms with Gasteiger partial charge in [-0.3, -0.25) is 0 Å². The summed E-state index contributed by atoms with van der Waals surface area (Å²) in [5, 5.41) is 0. The number of carbonyl (C=O) groups excluding carboxylic acids is 2. The summed E-state index contributed by atoms with van der Waals surface area (Å²) in [6.45, 7) is 0.614. The van der Waals surface area contributed by atoms with Crippen LogP contribution in [0.1, 0.15) is 19.3 Å². The van der Waals surface area contributed by atoms with Gasteiger partial charge in [-0.25, -0.2) is 9.59 Å². The van der Waals surface area contributed by atoms with Gasteiger partial charge in [-0.15, -0.1) is 0 Å². The van der Waals surface area contributed by atoms with Gasteiger partial charge >= 0.3 is 12.3 Å². The van der Waals surface area contributed by atoms with Crippen molar-refractivity contribution in [2.24, 2.45) is 0 Å². The molecule has 0 atom stereocenters. The number of hydrogen-bond donors (Lipinski definition) is 0. The molecule has 6 heteroatoms. The first-order valence-corrected chi connectivity index (χ1v) is 4.88. The van der Waals surface area contributed by atoms with Crippen LogP contribution in [0, 0.1) is 0 Å². The maximum atomic E-state index is 10.9. The Morgan fingerprint density at radius 3 is 1.47 bits per heavy atom. The summed E-state index contributed by atoms with van der Waals surface area (Å²) in [5.74, 6) is 0. The molecule has 0 radical (unpaired) electrons. The van der Waals surface area contributed by atoms with Gasteiger partial charge in [0.05, 0.1) is 13.2 Å². The zero-order valence-corrected chi connectivity index (χ0v) is 8.40. The van der Waals surface area contributed by atoms with E-state index >= 15 is 0 Å². The Labute approximate surface area is 87.4 Å². The lowest BCUT2D eigenvalue weighted by atomic mass is 10.2. The highest BCUT2D eigenvalue weighted by Crippen LogP contribution is 2.00. The van der Waals surface area contributed by atoms with Crippen molar-refractivity contribution in [3.05, 3.63) is 0 Å². The van der Waals surface area contributed by atoms with Crippen LogP contribution in [0.25, 0.3) is 0 Å². The minimum absolute atomic E-state index is 0.0199. The normalized spacial score (nSPS) is 20.5. The molecule has 1 aliphatic heterocycles. The van der Waals surface area contributed by atoms with E-state index in [1.807, 2.05) is 0 Å². The van der Waals surface area contributed by atoms with E-state index in [4.69, 9.17) is 9.47 Å². The molecule has 6 nitrogen and oxygen atoms in total. The number of cyclic esters (lactones) is 4. The molecule has 86 valence electrons. The summed E-state index contributed by atoms with van der Waals surface area (Å²) in [6, 6.07) is 0. The van der Waals surface area contributed by atoms with Crippen LogP contribution >= 0.6 is 0 Å². The van der Waals surface area contributed by atoms with E-state index in [9.17, 15) is 9.59 Å². The molecule has 0 N–H and O–H groups in total. The first-order chi connectivity index (χ1) is 7.29. The van der Waals surface area contributed by atoms with Gasteiger partial charge in [0.15, 0.2) is 0 Å². The van der Waals surface area contributed by atoms with Crippen molar-refractivity contribution in [2.45, 2.75) is 19.3 Å². The summed E-state index contributed by atoms with van der Waals surface area (Å²) in [4.78, 5) is 21.7. The van der Waals surface area contributed by atoms with E-state index in [1.54, 1.807) is 0 Å². The molecule has 0 aromatic rings. The SMILES string of the molecule is O=C1OCCCCCOC(=O)OCCO1. The lowest BCUT2D eigenvalue weighted by molar-refractivity contribution is 0.0212. The van der Waals surface area contributed by atoms with Gasteiger partial charge in [-0.1, -0.05) is 0 Å². The zero-order valence-electron chi connectivity index (χ0n) is 8.40. The van der Waals surface area contributed by atoms with Crippen LogP contribution in [0.3, 0.4) is 0 Å². The van der Waals surface area contributed by atoms with Crippen LogP contribution in [0.15, 0.2) is 0 Å².